The second-order valence-corrected chi connectivity index (χ2v) is 10.1. The van der Waals surface area contributed by atoms with Crippen LogP contribution in [0.15, 0.2) is 60.6 Å². The molecule has 12 heteroatoms. The molecule has 1 saturated heterocycles. The smallest absolute Gasteiger partial charge is 0.268 e. The molecule has 3 N–H and O–H groups in total. The van der Waals surface area contributed by atoms with Gasteiger partial charge in [0, 0.05) is 19.0 Å². The molecule has 3 aromatic rings. The zero-order valence-corrected chi connectivity index (χ0v) is 22.2. The number of amides is 1. The van der Waals surface area contributed by atoms with E-state index < -0.39 is 7.82 Å². The number of benzene rings is 2. The number of hydrogen-bond acceptors (Lipinski definition) is 5. The minimum Gasteiger partial charge on any atom is -0.756 e. The van der Waals surface area contributed by atoms with Crippen LogP contribution in [-0.4, -0.2) is 39.4 Å². The number of piperidine rings is 1. The van der Waals surface area contributed by atoms with Crippen molar-refractivity contribution in [2.75, 3.05) is 13.7 Å². The summed E-state index contributed by atoms with van der Waals surface area (Å²) in [5.74, 6) is 0.192. The highest BCUT2D eigenvalue weighted by atomic mass is 31.2. The number of rotatable bonds is 8. The lowest BCUT2D eigenvalue weighted by Gasteiger charge is -2.34. The van der Waals surface area contributed by atoms with Crippen molar-refractivity contribution < 1.29 is 42.8 Å². The predicted molar refractivity (Wildman–Crippen MR) is 136 cm³/mol. The first-order valence-corrected chi connectivity index (χ1v) is 13.3. The molecule has 1 aromatic heterocycles. The summed E-state index contributed by atoms with van der Waals surface area (Å²) in [5.41, 5.74) is 3.76. The van der Waals surface area contributed by atoms with E-state index in [2.05, 4.69) is 4.52 Å². The van der Waals surface area contributed by atoms with Gasteiger partial charge in [0.1, 0.15) is 17.7 Å². The van der Waals surface area contributed by atoms with Crippen molar-refractivity contribution in [2.24, 2.45) is 0 Å². The van der Waals surface area contributed by atoms with E-state index in [9.17, 15) is 18.6 Å². The molecule has 2 aromatic carbocycles. The third-order valence-electron chi connectivity index (χ3n) is 6.43. The number of methoxy groups -OCH3 is 1. The van der Waals surface area contributed by atoms with E-state index in [0.29, 0.717) is 35.7 Å². The molecule has 2 atom stereocenters. The number of likely N-dealkylation sites (tertiary alicyclic amines) is 1. The quantitative estimate of drug-likeness (QED) is 0.261. The number of nitrogens with zero attached hydrogens (tertiary/aromatic N) is 3. The van der Waals surface area contributed by atoms with Gasteiger partial charge in [-0.1, -0.05) is 18.2 Å². The largest absolute Gasteiger partial charge is 0.756 e. The second-order valence-electron chi connectivity index (χ2n) is 8.92. The molecule has 0 saturated carbocycles. The van der Waals surface area contributed by atoms with Crippen LogP contribution in [0.5, 0.6) is 5.75 Å². The summed E-state index contributed by atoms with van der Waals surface area (Å²) in [7, 11) is -3.30. The maximum absolute atomic E-state index is 13.3. The van der Waals surface area contributed by atoms with Gasteiger partial charge in [-0.05, 0) is 61.2 Å². The molecule has 1 aliphatic rings. The van der Waals surface area contributed by atoms with Gasteiger partial charge in [-0.15, -0.1) is 0 Å². The van der Waals surface area contributed by atoms with Crippen LogP contribution in [0.1, 0.15) is 42.6 Å². The Balaban J connectivity index is 0.00000400. The SMILES string of the molecule is COc1cc(/C=C2\CCCN([C@@H](C)c3ccc(F)cc3)C2=O)ccc1-[n+]1cc(C)n(COP(=O)([O-])O)c1.O. The molecule has 0 radical (unpaired) electrons. The third-order valence-corrected chi connectivity index (χ3v) is 6.87. The van der Waals surface area contributed by atoms with Crippen LogP contribution in [0.25, 0.3) is 11.8 Å². The lowest BCUT2D eigenvalue weighted by Crippen LogP contribution is -2.38. The molecular weight excluding hydrogens is 516 g/mol. The molecule has 0 spiro atoms. The number of phosphoric acid groups is 1. The Bertz CT molecular complexity index is 1370. The van der Waals surface area contributed by atoms with E-state index >= 15 is 0 Å². The molecule has 1 aliphatic heterocycles. The van der Waals surface area contributed by atoms with Crippen LogP contribution >= 0.6 is 7.82 Å². The summed E-state index contributed by atoms with van der Waals surface area (Å²) in [4.78, 5) is 34.9. The molecule has 0 bridgehead atoms. The van der Waals surface area contributed by atoms with Crippen molar-refractivity contribution in [1.29, 1.82) is 0 Å². The van der Waals surface area contributed by atoms with Crippen molar-refractivity contribution in [2.45, 2.75) is 39.5 Å². The number of ether oxygens (including phenoxy) is 1. The Morgan fingerprint density at radius 1 is 1.26 bits per heavy atom. The average Bonchev–Trinajstić information content (AvgIpc) is 3.23. The molecule has 1 amide bonds. The number of imidazole rings is 1. The number of carbonyl (C=O) groups is 1. The number of hydrogen-bond donors (Lipinski definition) is 1. The van der Waals surface area contributed by atoms with Gasteiger partial charge in [0.15, 0.2) is 18.2 Å². The fraction of sp³-hybridized carbons (Fsp3) is 0.308. The van der Waals surface area contributed by atoms with Gasteiger partial charge in [0.25, 0.3) is 14.2 Å². The van der Waals surface area contributed by atoms with Crippen molar-refractivity contribution in [1.82, 2.24) is 9.47 Å². The van der Waals surface area contributed by atoms with Crippen LogP contribution in [0, 0.1) is 12.7 Å². The molecule has 1 unspecified atom stereocenters. The molecule has 1 fully saturated rings. The van der Waals surface area contributed by atoms with E-state index in [1.165, 1.54) is 16.7 Å². The fourth-order valence-electron chi connectivity index (χ4n) is 4.41. The summed E-state index contributed by atoms with van der Waals surface area (Å²) < 4.78 is 37.6. The van der Waals surface area contributed by atoms with E-state index in [-0.39, 0.29) is 30.0 Å². The number of aromatic nitrogens is 2. The summed E-state index contributed by atoms with van der Waals surface area (Å²) >= 11 is 0. The van der Waals surface area contributed by atoms with Gasteiger partial charge < -0.3 is 24.9 Å². The Hall–Kier alpha value is -3.34. The standard InChI is InChI=1S/C26H29FN3O6P.H2O/c1-18-15-28(16-29(18)17-36-37(32,33)34)24-11-6-20(14-25(24)35-3)13-22-5-4-12-30(26(22)31)19(2)21-7-9-23(27)10-8-21;/h6-11,13-16,19H,4-5,12,17H2,1-3H3,(H-,32,33,34);1H2/b22-13+;/t19-;/m0./s1. The lowest BCUT2D eigenvalue weighted by molar-refractivity contribution is -0.596. The molecule has 0 aliphatic carbocycles. The van der Waals surface area contributed by atoms with E-state index in [1.807, 2.05) is 36.1 Å². The predicted octanol–water partition coefficient (Wildman–Crippen LogP) is 2.60. The van der Waals surface area contributed by atoms with Crippen molar-refractivity contribution in [3.8, 4) is 11.4 Å². The summed E-state index contributed by atoms with van der Waals surface area (Å²) in [6.45, 7) is 3.98. The van der Waals surface area contributed by atoms with E-state index in [4.69, 9.17) is 9.63 Å². The van der Waals surface area contributed by atoms with Crippen molar-refractivity contribution in [3.05, 3.63) is 83.2 Å². The molecule has 204 valence electrons. The summed E-state index contributed by atoms with van der Waals surface area (Å²) in [6, 6.07) is 11.6. The van der Waals surface area contributed by atoms with Gasteiger partial charge in [-0.2, -0.15) is 4.57 Å². The van der Waals surface area contributed by atoms with Crippen LogP contribution < -0.4 is 14.2 Å². The summed E-state index contributed by atoms with van der Waals surface area (Å²) in [5, 5.41) is 0. The van der Waals surface area contributed by atoms with Crippen molar-refractivity contribution in [3.63, 3.8) is 0 Å². The lowest BCUT2D eigenvalue weighted by atomic mass is 9.97. The first kappa shape index (κ1) is 29.2. The first-order chi connectivity index (χ1) is 17.6. The zero-order valence-electron chi connectivity index (χ0n) is 21.3. The van der Waals surface area contributed by atoms with E-state index in [0.717, 1.165) is 17.5 Å². The topological polar surface area (TPSA) is 139 Å². The highest BCUT2D eigenvalue weighted by Gasteiger charge is 2.28. The van der Waals surface area contributed by atoms with Crippen LogP contribution in [0.2, 0.25) is 0 Å². The van der Waals surface area contributed by atoms with Gasteiger partial charge >= 0.3 is 0 Å². The van der Waals surface area contributed by atoms with Crippen LogP contribution in [-0.2, 0) is 20.6 Å². The Morgan fingerprint density at radius 3 is 2.63 bits per heavy atom. The maximum atomic E-state index is 13.3. The minimum atomic E-state index is -4.85. The van der Waals surface area contributed by atoms with Gasteiger partial charge in [-0.3, -0.25) is 13.9 Å². The maximum Gasteiger partial charge on any atom is 0.268 e. The first-order valence-electron chi connectivity index (χ1n) is 11.8. The molecule has 4 rings (SSSR count). The average molecular weight is 548 g/mol. The van der Waals surface area contributed by atoms with E-state index in [1.54, 1.807) is 43.3 Å². The summed E-state index contributed by atoms with van der Waals surface area (Å²) in [6.07, 6.45) is 6.74. The number of aryl methyl sites for hydroxylation is 1. The fourth-order valence-corrected chi connectivity index (χ4v) is 4.68. The minimum absolute atomic E-state index is 0. The highest BCUT2D eigenvalue weighted by molar-refractivity contribution is 7.44. The number of carbonyl (C=O) groups excluding carboxylic acids is 1. The normalized spacial score (nSPS) is 17.2. The van der Waals surface area contributed by atoms with Crippen LogP contribution in [0.3, 0.4) is 0 Å². The monoisotopic (exact) mass is 547 g/mol. The molecule has 2 heterocycles. The number of halogens is 1. The highest BCUT2D eigenvalue weighted by Crippen LogP contribution is 2.31. The van der Waals surface area contributed by atoms with Gasteiger partial charge in [0.05, 0.1) is 13.2 Å². The molecular formula is C26H31FN3O7P. The van der Waals surface area contributed by atoms with Crippen LogP contribution in [0.4, 0.5) is 4.39 Å². The Morgan fingerprint density at radius 2 is 1.97 bits per heavy atom. The van der Waals surface area contributed by atoms with Crippen molar-refractivity contribution >= 4 is 19.8 Å². The van der Waals surface area contributed by atoms with Gasteiger partial charge in [-0.25, -0.2) is 8.96 Å². The van der Waals surface area contributed by atoms with Gasteiger partial charge in [0.2, 0.25) is 5.91 Å². The third kappa shape index (κ3) is 6.75. The zero-order chi connectivity index (χ0) is 26.7. The number of phosphoric ester groups is 1. The Labute approximate surface area is 220 Å². The second kappa shape index (κ2) is 12.0. The Kier molecular flexibility index (Phi) is 9.24. The molecule has 10 nitrogen and oxygen atoms in total. The molecule has 38 heavy (non-hydrogen) atoms.